The minimum atomic E-state index is -3.07. The Kier molecular flexibility index (Phi) is 5.24. The van der Waals surface area contributed by atoms with E-state index in [0.717, 1.165) is 10.9 Å². The number of aryl methyl sites for hydroxylation is 1. The maximum atomic E-state index is 11.9. The number of para-hydroxylation sites is 1. The van der Waals surface area contributed by atoms with Crippen LogP contribution >= 0.6 is 0 Å². The predicted octanol–water partition coefficient (Wildman–Crippen LogP) is 1.97. The van der Waals surface area contributed by atoms with E-state index in [1.807, 2.05) is 41.1 Å². The molecule has 0 aliphatic carbocycles. The second-order valence-electron chi connectivity index (χ2n) is 5.49. The maximum absolute atomic E-state index is 11.9. The van der Waals surface area contributed by atoms with Crippen molar-refractivity contribution in [1.29, 1.82) is 0 Å². The number of rotatable bonds is 7. The molecule has 1 atom stereocenters. The van der Waals surface area contributed by atoms with Crippen molar-refractivity contribution < 1.29 is 13.2 Å². The number of carbonyl (C=O) groups is 1. The second-order valence-corrected chi connectivity index (χ2v) is 7.88. The van der Waals surface area contributed by atoms with Crippen LogP contribution in [0.5, 0.6) is 0 Å². The lowest BCUT2D eigenvalue weighted by Gasteiger charge is -2.14. The van der Waals surface area contributed by atoms with Crippen LogP contribution in [0.2, 0.25) is 0 Å². The van der Waals surface area contributed by atoms with Gasteiger partial charge in [0.2, 0.25) is 5.91 Å². The zero-order valence-electron chi connectivity index (χ0n) is 13.0. The van der Waals surface area contributed by atoms with Crippen LogP contribution in [0.15, 0.2) is 36.5 Å². The Bertz CT molecular complexity index is 750. The maximum Gasteiger partial charge on any atom is 0.222 e. The molecular weight excluding hydrogens is 300 g/mol. The van der Waals surface area contributed by atoms with E-state index in [0.29, 0.717) is 13.0 Å². The smallest absolute Gasteiger partial charge is 0.222 e. The summed E-state index contributed by atoms with van der Waals surface area (Å²) in [5.41, 5.74) is 1.09. The summed E-state index contributed by atoms with van der Waals surface area (Å²) in [6, 6.07) is 9.65. The van der Waals surface area contributed by atoms with Gasteiger partial charge in [-0.15, -0.1) is 0 Å². The van der Waals surface area contributed by atoms with E-state index in [9.17, 15) is 13.2 Å². The van der Waals surface area contributed by atoms with Crippen LogP contribution in [0.1, 0.15) is 20.3 Å². The van der Waals surface area contributed by atoms with Crippen LogP contribution in [-0.4, -0.2) is 36.4 Å². The highest BCUT2D eigenvalue weighted by molar-refractivity contribution is 7.91. The monoisotopic (exact) mass is 322 g/mol. The third-order valence-corrected chi connectivity index (χ3v) is 5.50. The topological polar surface area (TPSA) is 68.2 Å². The summed E-state index contributed by atoms with van der Waals surface area (Å²) >= 11 is 0. The first-order valence-electron chi connectivity index (χ1n) is 7.45. The molecule has 120 valence electrons. The fourth-order valence-electron chi connectivity index (χ4n) is 2.44. The van der Waals surface area contributed by atoms with E-state index in [2.05, 4.69) is 5.32 Å². The summed E-state index contributed by atoms with van der Waals surface area (Å²) in [5, 5.41) is 3.89. The molecule has 2 aromatic rings. The number of hydrogen-bond acceptors (Lipinski definition) is 3. The summed E-state index contributed by atoms with van der Waals surface area (Å²) in [7, 11) is -3.07. The van der Waals surface area contributed by atoms with E-state index >= 15 is 0 Å². The molecule has 22 heavy (non-hydrogen) atoms. The first kappa shape index (κ1) is 16.5. The van der Waals surface area contributed by atoms with Crippen molar-refractivity contribution >= 4 is 26.6 Å². The van der Waals surface area contributed by atoms with Gasteiger partial charge in [0.25, 0.3) is 0 Å². The molecule has 6 heteroatoms. The van der Waals surface area contributed by atoms with Crippen LogP contribution in [0.25, 0.3) is 10.9 Å². The second kappa shape index (κ2) is 6.96. The zero-order valence-corrected chi connectivity index (χ0v) is 13.8. The molecule has 1 aromatic carbocycles. The molecule has 0 unspecified atom stereocenters. The molecule has 0 aliphatic heterocycles. The molecule has 0 radical (unpaired) electrons. The van der Waals surface area contributed by atoms with E-state index in [4.69, 9.17) is 0 Å². The Balaban J connectivity index is 1.88. The lowest BCUT2D eigenvalue weighted by molar-refractivity contribution is -0.121. The standard InChI is InChI=1S/C16H22N2O3S/c1-3-22(20,21)12-13(2)17-16(19)9-11-18-10-8-14-6-4-5-7-15(14)18/h4-8,10,13H,3,9,11-12H2,1-2H3,(H,17,19)/t13-/m1/s1. The Morgan fingerprint density at radius 2 is 2.00 bits per heavy atom. The number of amides is 1. The summed E-state index contributed by atoms with van der Waals surface area (Å²) in [5.74, 6) is -0.0406. The van der Waals surface area contributed by atoms with Gasteiger partial charge in [-0.2, -0.15) is 0 Å². The molecule has 0 fully saturated rings. The van der Waals surface area contributed by atoms with Gasteiger partial charge in [0.15, 0.2) is 9.84 Å². The van der Waals surface area contributed by atoms with E-state index in [1.54, 1.807) is 13.8 Å². The summed E-state index contributed by atoms with van der Waals surface area (Å²) in [6.07, 6.45) is 2.29. The number of carbonyl (C=O) groups excluding carboxylic acids is 1. The number of hydrogen-bond donors (Lipinski definition) is 1. The summed E-state index contributed by atoms with van der Waals surface area (Å²) in [6.45, 7) is 3.91. The van der Waals surface area contributed by atoms with Gasteiger partial charge < -0.3 is 9.88 Å². The van der Waals surface area contributed by atoms with Gasteiger partial charge >= 0.3 is 0 Å². The molecule has 0 bridgehead atoms. The minimum absolute atomic E-state index is 0.0122. The normalized spacial score (nSPS) is 13.2. The average molecular weight is 322 g/mol. The highest BCUT2D eigenvalue weighted by Crippen LogP contribution is 2.15. The molecule has 1 heterocycles. The molecule has 0 aliphatic rings. The quantitative estimate of drug-likeness (QED) is 0.847. The van der Waals surface area contributed by atoms with Crippen LogP contribution < -0.4 is 5.32 Å². The van der Waals surface area contributed by atoms with Crippen LogP contribution in [0, 0.1) is 0 Å². The third-order valence-electron chi connectivity index (χ3n) is 3.61. The molecule has 1 N–H and O–H groups in total. The fraction of sp³-hybridized carbons (Fsp3) is 0.438. The number of fused-ring (bicyclic) bond motifs is 1. The number of nitrogens with one attached hydrogen (secondary N) is 1. The first-order chi connectivity index (χ1) is 10.4. The lowest BCUT2D eigenvalue weighted by Crippen LogP contribution is -2.38. The molecule has 1 amide bonds. The Morgan fingerprint density at radius 1 is 1.27 bits per heavy atom. The van der Waals surface area contributed by atoms with Crippen molar-refractivity contribution in [2.75, 3.05) is 11.5 Å². The SMILES string of the molecule is CCS(=O)(=O)C[C@@H](C)NC(=O)CCn1ccc2ccccc21. The zero-order chi connectivity index (χ0) is 16.2. The third kappa shape index (κ3) is 4.34. The largest absolute Gasteiger partial charge is 0.353 e. The first-order valence-corrected chi connectivity index (χ1v) is 9.27. The van der Waals surface area contributed by atoms with Gasteiger partial charge in [0.1, 0.15) is 0 Å². The Morgan fingerprint density at radius 3 is 2.73 bits per heavy atom. The molecule has 0 saturated heterocycles. The van der Waals surface area contributed by atoms with Crippen molar-refractivity contribution in [3.63, 3.8) is 0 Å². The van der Waals surface area contributed by atoms with Crippen molar-refractivity contribution in [1.82, 2.24) is 9.88 Å². The van der Waals surface area contributed by atoms with Gasteiger partial charge in [-0.25, -0.2) is 8.42 Å². The molecular formula is C16H22N2O3S. The summed E-state index contributed by atoms with van der Waals surface area (Å²) in [4.78, 5) is 11.9. The highest BCUT2D eigenvalue weighted by Gasteiger charge is 2.15. The van der Waals surface area contributed by atoms with Gasteiger partial charge in [0, 0.05) is 36.5 Å². The molecule has 2 rings (SSSR count). The predicted molar refractivity (Wildman–Crippen MR) is 88.5 cm³/mol. The van der Waals surface area contributed by atoms with E-state index < -0.39 is 9.84 Å². The Hall–Kier alpha value is -1.82. The van der Waals surface area contributed by atoms with E-state index in [1.165, 1.54) is 0 Å². The van der Waals surface area contributed by atoms with Gasteiger partial charge in [-0.3, -0.25) is 4.79 Å². The van der Waals surface area contributed by atoms with Gasteiger partial charge in [-0.1, -0.05) is 25.1 Å². The van der Waals surface area contributed by atoms with Crippen molar-refractivity contribution in [2.24, 2.45) is 0 Å². The molecule has 5 nitrogen and oxygen atoms in total. The molecule has 0 spiro atoms. The van der Waals surface area contributed by atoms with Crippen LogP contribution in [0.4, 0.5) is 0 Å². The number of benzene rings is 1. The van der Waals surface area contributed by atoms with Crippen molar-refractivity contribution in [3.8, 4) is 0 Å². The molecule has 1 aromatic heterocycles. The van der Waals surface area contributed by atoms with Crippen molar-refractivity contribution in [2.45, 2.75) is 32.9 Å². The van der Waals surface area contributed by atoms with E-state index in [-0.39, 0.29) is 23.5 Å². The average Bonchev–Trinajstić information content (AvgIpc) is 2.87. The Labute approximate surface area is 131 Å². The summed E-state index contributed by atoms with van der Waals surface area (Å²) < 4.78 is 25.1. The number of sulfone groups is 1. The van der Waals surface area contributed by atoms with Gasteiger partial charge in [0.05, 0.1) is 5.75 Å². The number of aromatic nitrogens is 1. The minimum Gasteiger partial charge on any atom is -0.353 e. The van der Waals surface area contributed by atoms with Crippen LogP contribution in [-0.2, 0) is 21.2 Å². The van der Waals surface area contributed by atoms with Gasteiger partial charge in [-0.05, 0) is 24.4 Å². The van der Waals surface area contributed by atoms with Crippen LogP contribution in [0.3, 0.4) is 0 Å². The molecule has 0 saturated carbocycles. The number of nitrogens with zero attached hydrogens (tertiary/aromatic N) is 1. The highest BCUT2D eigenvalue weighted by atomic mass is 32.2. The fourth-order valence-corrected chi connectivity index (χ4v) is 3.53. The lowest BCUT2D eigenvalue weighted by atomic mass is 10.2. The van der Waals surface area contributed by atoms with Crippen molar-refractivity contribution in [3.05, 3.63) is 36.5 Å².